The Bertz CT molecular complexity index is 918. The molecule has 1 aromatic heterocycles. The molecule has 0 aliphatic rings. The molecule has 0 unspecified atom stereocenters. The Kier molecular flexibility index (Phi) is 6.04. The quantitative estimate of drug-likeness (QED) is 0.520. The van der Waals surface area contributed by atoms with Crippen LogP contribution in [-0.4, -0.2) is 27.8 Å². The first kappa shape index (κ1) is 18.4. The van der Waals surface area contributed by atoms with Gasteiger partial charge in [-0.05, 0) is 30.7 Å². The van der Waals surface area contributed by atoms with E-state index in [0.717, 1.165) is 28.5 Å². The fourth-order valence-electron chi connectivity index (χ4n) is 2.60. The standard InChI is InChI=1S/C20H24N6O/c1-15-7-6-9-17(11-15)27-18-10-5-4-8-16(18)12-22-20(21-2)23-13-19-24-14-25-26(19)3/h4-11,14H,12-13H2,1-3H3,(H2,21,22,23). The topological polar surface area (TPSA) is 76.4 Å². The molecule has 0 fully saturated rings. The number of nitrogens with zero attached hydrogens (tertiary/aromatic N) is 4. The van der Waals surface area contributed by atoms with Crippen molar-refractivity contribution >= 4 is 5.96 Å². The summed E-state index contributed by atoms with van der Waals surface area (Å²) in [7, 11) is 3.60. The van der Waals surface area contributed by atoms with Crippen LogP contribution in [0.15, 0.2) is 59.9 Å². The molecule has 2 N–H and O–H groups in total. The number of benzene rings is 2. The van der Waals surface area contributed by atoms with Crippen LogP contribution in [0, 0.1) is 6.92 Å². The van der Waals surface area contributed by atoms with Crippen LogP contribution in [0.5, 0.6) is 11.5 Å². The highest BCUT2D eigenvalue weighted by molar-refractivity contribution is 5.79. The lowest BCUT2D eigenvalue weighted by Gasteiger charge is -2.14. The molecule has 0 atom stereocenters. The average molecular weight is 364 g/mol. The first-order valence-corrected chi connectivity index (χ1v) is 8.75. The van der Waals surface area contributed by atoms with Gasteiger partial charge < -0.3 is 15.4 Å². The first-order chi connectivity index (χ1) is 13.2. The van der Waals surface area contributed by atoms with Crippen LogP contribution in [0.3, 0.4) is 0 Å². The van der Waals surface area contributed by atoms with Crippen LogP contribution in [0.2, 0.25) is 0 Å². The van der Waals surface area contributed by atoms with E-state index in [2.05, 4.69) is 25.7 Å². The van der Waals surface area contributed by atoms with E-state index in [-0.39, 0.29) is 0 Å². The molecule has 0 aliphatic carbocycles. The summed E-state index contributed by atoms with van der Waals surface area (Å²) in [6.07, 6.45) is 1.53. The molecule has 0 aliphatic heterocycles. The summed E-state index contributed by atoms with van der Waals surface area (Å²) in [5.74, 6) is 3.16. The number of aromatic nitrogens is 3. The summed E-state index contributed by atoms with van der Waals surface area (Å²) in [4.78, 5) is 8.45. The summed E-state index contributed by atoms with van der Waals surface area (Å²) in [6.45, 7) is 3.17. The lowest BCUT2D eigenvalue weighted by atomic mass is 10.2. The number of aryl methyl sites for hydroxylation is 2. The lowest BCUT2D eigenvalue weighted by Crippen LogP contribution is -2.37. The van der Waals surface area contributed by atoms with Crippen molar-refractivity contribution in [2.75, 3.05) is 7.05 Å². The molecule has 0 spiro atoms. The Hall–Kier alpha value is -3.35. The van der Waals surface area contributed by atoms with Gasteiger partial charge in [0.1, 0.15) is 23.7 Å². The maximum absolute atomic E-state index is 6.07. The third-order valence-electron chi connectivity index (χ3n) is 4.08. The second-order valence-electron chi connectivity index (χ2n) is 6.11. The molecule has 27 heavy (non-hydrogen) atoms. The zero-order valence-corrected chi connectivity index (χ0v) is 15.8. The van der Waals surface area contributed by atoms with Gasteiger partial charge in [-0.15, -0.1) is 0 Å². The van der Waals surface area contributed by atoms with Crippen LogP contribution in [0.1, 0.15) is 17.0 Å². The molecule has 140 valence electrons. The van der Waals surface area contributed by atoms with Gasteiger partial charge in [-0.2, -0.15) is 5.10 Å². The highest BCUT2D eigenvalue weighted by atomic mass is 16.5. The summed E-state index contributed by atoms with van der Waals surface area (Å²) in [5, 5.41) is 10.6. The molecule has 0 saturated heterocycles. The lowest BCUT2D eigenvalue weighted by molar-refractivity contribution is 0.474. The zero-order chi connectivity index (χ0) is 19.1. The van der Waals surface area contributed by atoms with E-state index in [1.807, 2.05) is 62.5 Å². The van der Waals surface area contributed by atoms with Crippen LogP contribution in [0.25, 0.3) is 0 Å². The van der Waals surface area contributed by atoms with Gasteiger partial charge in [-0.3, -0.25) is 9.67 Å². The molecule has 0 bridgehead atoms. The maximum atomic E-state index is 6.07. The molecule has 3 aromatic rings. The largest absolute Gasteiger partial charge is 0.457 e. The molecule has 0 saturated carbocycles. The molecule has 0 radical (unpaired) electrons. The van der Waals surface area contributed by atoms with Crippen molar-refractivity contribution in [2.24, 2.45) is 12.0 Å². The number of para-hydroxylation sites is 1. The number of nitrogens with one attached hydrogen (secondary N) is 2. The van der Waals surface area contributed by atoms with Gasteiger partial charge in [-0.1, -0.05) is 30.3 Å². The molecule has 7 nitrogen and oxygen atoms in total. The summed E-state index contributed by atoms with van der Waals surface area (Å²) in [6, 6.07) is 16.0. The van der Waals surface area contributed by atoms with E-state index < -0.39 is 0 Å². The van der Waals surface area contributed by atoms with Gasteiger partial charge in [0.15, 0.2) is 5.96 Å². The molecular weight excluding hydrogens is 340 g/mol. The van der Waals surface area contributed by atoms with Crippen molar-refractivity contribution in [1.29, 1.82) is 0 Å². The van der Waals surface area contributed by atoms with E-state index in [0.29, 0.717) is 19.0 Å². The van der Waals surface area contributed by atoms with E-state index in [9.17, 15) is 0 Å². The van der Waals surface area contributed by atoms with E-state index in [1.165, 1.54) is 6.33 Å². The molecule has 7 heteroatoms. The van der Waals surface area contributed by atoms with E-state index >= 15 is 0 Å². The van der Waals surface area contributed by atoms with Crippen molar-refractivity contribution in [1.82, 2.24) is 25.4 Å². The van der Waals surface area contributed by atoms with Crippen molar-refractivity contribution in [2.45, 2.75) is 20.0 Å². The number of aliphatic imine (C=N–C) groups is 1. The minimum Gasteiger partial charge on any atom is -0.457 e. The fourth-order valence-corrected chi connectivity index (χ4v) is 2.60. The monoisotopic (exact) mass is 364 g/mol. The van der Waals surface area contributed by atoms with Crippen LogP contribution < -0.4 is 15.4 Å². The number of hydrogen-bond donors (Lipinski definition) is 2. The first-order valence-electron chi connectivity index (χ1n) is 8.75. The third-order valence-corrected chi connectivity index (χ3v) is 4.08. The SMILES string of the molecule is CN=C(NCc1ccccc1Oc1cccc(C)c1)NCc1ncnn1C. The van der Waals surface area contributed by atoms with Crippen molar-refractivity contribution < 1.29 is 4.74 Å². The average Bonchev–Trinajstić information content (AvgIpc) is 3.08. The predicted octanol–water partition coefficient (Wildman–Crippen LogP) is 2.78. The van der Waals surface area contributed by atoms with Gasteiger partial charge in [0.05, 0.1) is 6.54 Å². The Morgan fingerprint density at radius 3 is 2.67 bits per heavy atom. The second kappa shape index (κ2) is 8.84. The van der Waals surface area contributed by atoms with Crippen molar-refractivity contribution in [3.63, 3.8) is 0 Å². The second-order valence-corrected chi connectivity index (χ2v) is 6.11. The number of rotatable bonds is 6. The Morgan fingerprint density at radius 2 is 1.93 bits per heavy atom. The van der Waals surface area contributed by atoms with Crippen molar-refractivity contribution in [3.8, 4) is 11.5 Å². The van der Waals surface area contributed by atoms with Crippen LogP contribution >= 0.6 is 0 Å². The minimum absolute atomic E-state index is 0.539. The molecule has 2 aromatic carbocycles. The summed E-state index contributed by atoms with van der Waals surface area (Å²) in [5.41, 5.74) is 2.21. The highest BCUT2D eigenvalue weighted by Crippen LogP contribution is 2.25. The minimum atomic E-state index is 0.539. The molecule has 3 rings (SSSR count). The van der Waals surface area contributed by atoms with Crippen molar-refractivity contribution in [3.05, 3.63) is 71.8 Å². The van der Waals surface area contributed by atoms with Gasteiger partial charge in [0, 0.05) is 26.2 Å². The van der Waals surface area contributed by atoms with E-state index in [1.54, 1.807) is 11.7 Å². The molecular formula is C20H24N6O. The van der Waals surface area contributed by atoms with Gasteiger partial charge in [0.2, 0.25) is 0 Å². The molecule has 0 amide bonds. The Morgan fingerprint density at radius 1 is 1.11 bits per heavy atom. The number of guanidine groups is 1. The maximum Gasteiger partial charge on any atom is 0.191 e. The predicted molar refractivity (Wildman–Crippen MR) is 106 cm³/mol. The van der Waals surface area contributed by atoms with Crippen LogP contribution in [0.4, 0.5) is 0 Å². The summed E-state index contributed by atoms with van der Waals surface area (Å²) >= 11 is 0. The van der Waals surface area contributed by atoms with E-state index in [4.69, 9.17) is 4.74 Å². The summed E-state index contributed by atoms with van der Waals surface area (Å²) < 4.78 is 7.80. The smallest absolute Gasteiger partial charge is 0.191 e. The number of hydrogen-bond acceptors (Lipinski definition) is 4. The van der Waals surface area contributed by atoms with Gasteiger partial charge in [-0.25, -0.2) is 4.98 Å². The van der Waals surface area contributed by atoms with Crippen LogP contribution in [-0.2, 0) is 20.1 Å². The molecule has 1 heterocycles. The highest BCUT2D eigenvalue weighted by Gasteiger charge is 2.07. The van der Waals surface area contributed by atoms with Gasteiger partial charge in [0.25, 0.3) is 0 Å². The fraction of sp³-hybridized carbons (Fsp3) is 0.250. The Labute approximate surface area is 159 Å². The van der Waals surface area contributed by atoms with Gasteiger partial charge >= 0.3 is 0 Å². The third kappa shape index (κ3) is 5.07. The Balaban J connectivity index is 1.62. The zero-order valence-electron chi connectivity index (χ0n) is 15.8. The number of ether oxygens (including phenoxy) is 1. The normalized spacial score (nSPS) is 11.3.